The van der Waals surface area contributed by atoms with Crippen molar-refractivity contribution in [2.75, 3.05) is 31.2 Å². The van der Waals surface area contributed by atoms with Gasteiger partial charge in [0.25, 0.3) is 0 Å². The lowest BCUT2D eigenvalue weighted by Gasteiger charge is -2.37. The molecule has 2 saturated heterocycles. The third-order valence-electron chi connectivity index (χ3n) is 3.08. The molecule has 1 aromatic heterocycles. The summed E-state index contributed by atoms with van der Waals surface area (Å²) in [6.45, 7) is 4.13. The Morgan fingerprint density at radius 3 is 3.00 bits per heavy atom. The van der Waals surface area contributed by atoms with Crippen LogP contribution in [0.15, 0.2) is 12.3 Å². The Hall–Kier alpha value is -1.03. The number of hydrogen-bond acceptors (Lipinski definition) is 3. The van der Waals surface area contributed by atoms with E-state index in [0.717, 1.165) is 32.1 Å². The Morgan fingerprint density at radius 1 is 1.54 bits per heavy atom. The van der Waals surface area contributed by atoms with Crippen molar-refractivity contribution in [2.45, 2.75) is 6.42 Å². The maximum absolute atomic E-state index is 5.27. The van der Waals surface area contributed by atoms with Crippen LogP contribution in [0.5, 0.6) is 0 Å². The zero-order valence-electron chi connectivity index (χ0n) is 7.49. The molecule has 0 radical (unpaired) electrons. The second-order valence-electron chi connectivity index (χ2n) is 4.11. The summed E-state index contributed by atoms with van der Waals surface area (Å²) in [4.78, 5) is 2.36. The van der Waals surface area contributed by atoms with E-state index < -0.39 is 0 Å². The van der Waals surface area contributed by atoms with Crippen LogP contribution in [-0.2, 0) is 4.74 Å². The van der Waals surface area contributed by atoms with Gasteiger partial charge in [-0.3, -0.25) is 5.10 Å². The number of aromatic nitrogens is 2. The van der Waals surface area contributed by atoms with Gasteiger partial charge in [0, 0.05) is 24.6 Å². The molecule has 1 aromatic rings. The van der Waals surface area contributed by atoms with Gasteiger partial charge in [-0.2, -0.15) is 5.10 Å². The van der Waals surface area contributed by atoms with Crippen molar-refractivity contribution in [2.24, 2.45) is 5.41 Å². The first kappa shape index (κ1) is 7.38. The van der Waals surface area contributed by atoms with Gasteiger partial charge in [-0.25, -0.2) is 0 Å². The Balaban J connectivity index is 1.76. The fourth-order valence-electron chi connectivity index (χ4n) is 2.19. The number of rotatable bonds is 1. The topological polar surface area (TPSA) is 41.1 Å². The van der Waals surface area contributed by atoms with Gasteiger partial charge in [-0.1, -0.05) is 0 Å². The number of aromatic amines is 1. The minimum atomic E-state index is 0.463. The Labute approximate surface area is 76.9 Å². The maximum atomic E-state index is 5.27. The summed E-state index contributed by atoms with van der Waals surface area (Å²) in [5.41, 5.74) is 0.463. The molecule has 0 atom stereocenters. The SMILES string of the molecule is c1cc(N2CCC3(COC3)C2)[nH]n1. The lowest BCUT2D eigenvalue weighted by Crippen LogP contribution is -2.44. The molecular formula is C9H13N3O. The van der Waals surface area contributed by atoms with Crippen LogP contribution in [0.2, 0.25) is 0 Å². The molecule has 0 saturated carbocycles. The third kappa shape index (κ3) is 1.05. The lowest BCUT2D eigenvalue weighted by molar-refractivity contribution is -0.0985. The molecule has 1 spiro atoms. The molecule has 0 amide bonds. The molecule has 2 fully saturated rings. The first-order chi connectivity index (χ1) is 6.38. The average Bonchev–Trinajstić information content (AvgIpc) is 2.71. The second-order valence-corrected chi connectivity index (χ2v) is 4.11. The minimum Gasteiger partial charge on any atom is -0.380 e. The van der Waals surface area contributed by atoms with Crippen LogP contribution in [0.3, 0.4) is 0 Å². The predicted molar refractivity (Wildman–Crippen MR) is 48.7 cm³/mol. The standard InChI is InChI=1S/C9H13N3O/c1-3-10-11-8(1)12-4-2-9(5-12)6-13-7-9/h1,3H,2,4-7H2,(H,10,11). The number of ether oxygens (including phenoxy) is 1. The van der Waals surface area contributed by atoms with E-state index in [1.165, 1.54) is 6.42 Å². The maximum Gasteiger partial charge on any atom is 0.123 e. The predicted octanol–water partition coefficient (Wildman–Crippen LogP) is 0.636. The number of nitrogens with zero attached hydrogens (tertiary/aromatic N) is 2. The highest BCUT2D eigenvalue weighted by Crippen LogP contribution is 2.38. The summed E-state index contributed by atoms with van der Waals surface area (Å²) >= 11 is 0. The smallest absolute Gasteiger partial charge is 0.123 e. The van der Waals surface area contributed by atoms with Crippen molar-refractivity contribution in [3.05, 3.63) is 12.3 Å². The Bertz CT molecular complexity index is 292. The van der Waals surface area contributed by atoms with E-state index in [1.807, 2.05) is 6.07 Å². The summed E-state index contributed by atoms with van der Waals surface area (Å²) < 4.78 is 5.27. The highest BCUT2D eigenvalue weighted by Gasteiger charge is 2.44. The van der Waals surface area contributed by atoms with Gasteiger partial charge in [-0.05, 0) is 6.42 Å². The Morgan fingerprint density at radius 2 is 2.46 bits per heavy atom. The molecule has 2 aliphatic heterocycles. The van der Waals surface area contributed by atoms with Crippen molar-refractivity contribution in [1.82, 2.24) is 10.2 Å². The van der Waals surface area contributed by atoms with E-state index in [0.29, 0.717) is 5.41 Å². The fourth-order valence-corrected chi connectivity index (χ4v) is 2.19. The van der Waals surface area contributed by atoms with Gasteiger partial charge in [0.15, 0.2) is 0 Å². The molecule has 70 valence electrons. The van der Waals surface area contributed by atoms with Gasteiger partial charge < -0.3 is 9.64 Å². The highest BCUT2D eigenvalue weighted by atomic mass is 16.5. The van der Waals surface area contributed by atoms with Gasteiger partial charge in [0.1, 0.15) is 5.82 Å². The molecule has 4 heteroatoms. The van der Waals surface area contributed by atoms with Gasteiger partial charge in [0.2, 0.25) is 0 Å². The van der Waals surface area contributed by atoms with E-state index in [4.69, 9.17) is 4.74 Å². The van der Waals surface area contributed by atoms with Gasteiger partial charge in [-0.15, -0.1) is 0 Å². The molecule has 13 heavy (non-hydrogen) atoms. The minimum absolute atomic E-state index is 0.463. The summed E-state index contributed by atoms with van der Waals surface area (Å²) in [7, 11) is 0. The highest BCUT2D eigenvalue weighted by molar-refractivity contribution is 5.39. The average molecular weight is 179 g/mol. The first-order valence-corrected chi connectivity index (χ1v) is 4.70. The Kier molecular flexibility index (Phi) is 1.41. The van der Waals surface area contributed by atoms with E-state index in [9.17, 15) is 0 Å². The van der Waals surface area contributed by atoms with Crippen LogP contribution in [0.4, 0.5) is 5.82 Å². The zero-order chi connectivity index (χ0) is 8.73. The number of nitrogens with one attached hydrogen (secondary N) is 1. The summed E-state index contributed by atoms with van der Waals surface area (Å²) in [5, 5.41) is 6.96. The molecule has 3 heterocycles. The van der Waals surface area contributed by atoms with Crippen LogP contribution >= 0.6 is 0 Å². The van der Waals surface area contributed by atoms with E-state index in [2.05, 4.69) is 15.1 Å². The van der Waals surface area contributed by atoms with Crippen molar-refractivity contribution < 1.29 is 4.74 Å². The van der Waals surface area contributed by atoms with E-state index >= 15 is 0 Å². The quantitative estimate of drug-likeness (QED) is 0.687. The summed E-state index contributed by atoms with van der Waals surface area (Å²) in [6, 6.07) is 2.03. The normalized spacial score (nSPS) is 25.1. The van der Waals surface area contributed by atoms with E-state index in [1.54, 1.807) is 6.20 Å². The first-order valence-electron chi connectivity index (χ1n) is 4.70. The molecule has 0 bridgehead atoms. The molecule has 0 aromatic carbocycles. The number of H-pyrrole nitrogens is 1. The second kappa shape index (κ2) is 2.48. The summed E-state index contributed by atoms with van der Waals surface area (Å²) in [6.07, 6.45) is 3.06. The molecule has 0 unspecified atom stereocenters. The lowest BCUT2D eigenvalue weighted by atomic mass is 9.85. The largest absolute Gasteiger partial charge is 0.380 e. The number of hydrogen-bond donors (Lipinski definition) is 1. The van der Waals surface area contributed by atoms with E-state index in [-0.39, 0.29) is 0 Å². The van der Waals surface area contributed by atoms with Gasteiger partial charge >= 0.3 is 0 Å². The molecule has 2 aliphatic rings. The van der Waals surface area contributed by atoms with Crippen LogP contribution in [0, 0.1) is 5.41 Å². The van der Waals surface area contributed by atoms with Crippen LogP contribution in [0.1, 0.15) is 6.42 Å². The van der Waals surface area contributed by atoms with Crippen LogP contribution in [-0.4, -0.2) is 36.5 Å². The molecular weight excluding hydrogens is 166 g/mol. The van der Waals surface area contributed by atoms with Gasteiger partial charge in [0.05, 0.1) is 19.4 Å². The van der Waals surface area contributed by atoms with Crippen molar-refractivity contribution in [1.29, 1.82) is 0 Å². The fraction of sp³-hybridized carbons (Fsp3) is 0.667. The molecule has 0 aliphatic carbocycles. The van der Waals surface area contributed by atoms with Crippen molar-refractivity contribution in [3.63, 3.8) is 0 Å². The molecule has 3 rings (SSSR count). The van der Waals surface area contributed by atoms with Crippen molar-refractivity contribution in [3.8, 4) is 0 Å². The molecule has 4 nitrogen and oxygen atoms in total. The zero-order valence-corrected chi connectivity index (χ0v) is 7.49. The monoisotopic (exact) mass is 179 g/mol. The van der Waals surface area contributed by atoms with Crippen molar-refractivity contribution >= 4 is 5.82 Å². The summed E-state index contributed by atoms with van der Waals surface area (Å²) in [5.74, 6) is 1.14. The van der Waals surface area contributed by atoms with Crippen LogP contribution < -0.4 is 4.90 Å². The molecule has 1 N–H and O–H groups in total. The number of anilines is 1. The third-order valence-corrected chi connectivity index (χ3v) is 3.08. The van der Waals surface area contributed by atoms with Crippen LogP contribution in [0.25, 0.3) is 0 Å².